The van der Waals surface area contributed by atoms with E-state index >= 15 is 0 Å². The summed E-state index contributed by atoms with van der Waals surface area (Å²) in [4.78, 5) is 31.2. The zero-order valence-corrected chi connectivity index (χ0v) is 17.2. The largest absolute Gasteiger partial charge is 0.379 e. The number of rotatable bonds is 6. The van der Waals surface area contributed by atoms with E-state index in [9.17, 15) is 9.59 Å². The number of amides is 2. The first kappa shape index (κ1) is 21.0. The maximum Gasteiger partial charge on any atom is 0.237 e. The minimum absolute atomic E-state index is 0.0204. The van der Waals surface area contributed by atoms with Crippen LogP contribution >= 0.6 is 11.6 Å². The van der Waals surface area contributed by atoms with E-state index in [1.54, 1.807) is 0 Å². The van der Waals surface area contributed by atoms with Gasteiger partial charge in [-0.15, -0.1) is 0 Å². The molecule has 0 spiro atoms. The number of morpholine rings is 1. The minimum atomic E-state index is -0.237. The van der Waals surface area contributed by atoms with Gasteiger partial charge in [-0.2, -0.15) is 0 Å². The van der Waals surface area contributed by atoms with Crippen LogP contribution in [-0.4, -0.2) is 91.6 Å². The Hall–Kier alpha value is -1.67. The third kappa shape index (κ3) is 5.67. The van der Waals surface area contributed by atoms with Crippen LogP contribution < -0.4 is 5.32 Å². The Bertz CT molecular complexity index is 673. The quantitative estimate of drug-likeness (QED) is 0.755. The molecule has 154 valence electrons. The number of carbonyl (C=O) groups is 2. The second-order valence-electron chi connectivity index (χ2n) is 7.29. The molecular formula is C20H29ClN4O3. The number of piperazine rings is 1. The molecule has 2 fully saturated rings. The van der Waals surface area contributed by atoms with Gasteiger partial charge < -0.3 is 15.0 Å². The van der Waals surface area contributed by atoms with Crippen LogP contribution in [0.2, 0.25) is 5.02 Å². The second-order valence-corrected chi connectivity index (χ2v) is 7.70. The molecule has 7 nitrogen and oxygen atoms in total. The van der Waals surface area contributed by atoms with Crippen molar-refractivity contribution in [1.82, 2.24) is 20.0 Å². The van der Waals surface area contributed by atoms with Crippen molar-refractivity contribution < 1.29 is 14.3 Å². The van der Waals surface area contributed by atoms with Crippen LogP contribution in [0.3, 0.4) is 0 Å². The van der Waals surface area contributed by atoms with Gasteiger partial charge in [-0.25, -0.2) is 0 Å². The van der Waals surface area contributed by atoms with Crippen molar-refractivity contribution in [3.8, 4) is 0 Å². The maximum atomic E-state index is 12.5. The van der Waals surface area contributed by atoms with Gasteiger partial charge in [0.2, 0.25) is 11.8 Å². The summed E-state index contributed by atoms with van der Waals surface area (Å²) >= 11 is 6.14. The van der Waals surface area contributed by atoms with Gasteiger partial charge in [0.25, 0.3) is 0 Å². The van der Waals surface area contributed by atoms with Gasteiger partial charge in [-0.05, 0) is 18.6 Å². The van der Waals surface area contributed by atoms with Crippen LogP contribution in [0.25, 0.3) is 0 Å². The molecule has 8 heteroatoms. The number of halogens is 1. The zero-order chi connectivity index (χ0) is 19.9. The van der Waals surface area contributed by atoms with Crippen molar-refractivity contribution in [3.63, 3.8) is 0 Å². The number of carbonyl (C=O) groups excluding carboxylic acids is 2. The predicted octanol–water partition coefficient (Wildman–Crippen LogP) is 0.821. The molecule has 2 aliphatic rings. The summed E-state index contributed by atoms with van der Waals surface area (Å²) in [6.45, 7) is 8.53. The number of hydrogen-bond donors (Lipinski definition) is 1. The summed E-state index contributed by atoms with van der Waals surface area (Å²) in [7, 11) is 0. The average molecular weight is 409 g/mol. The lowest BCUT2D eigenvalue weighted by Gasteiger charge is -2.38. The van der Waals surface area contributed by atoms with E-state index in [2.05, 4.69) is 15.1 Å². The molecule has 1 unspecified atom stereocenters. The van der Waals surface area contributed by atoms with E-state index in [4.69, 9.17) is 16.3 Å². The highest BCUT2D eigenvalue weighted by Crippen LogP contribution is 2.15. The third-order valence-electron chi connectivity index (χ3n) is 5.47. The molecular weight excluding hydrogens is 380 g/mol. The lowest BCUT2D eigenvalue weighted by molar-refractivity contribution is -0.136. The summed E-state index contributed by atoms with van der Waals surface area (Å²) in [6, 6.07) is 7.27. The van der Waals surface area contributed by atoms with Crippen molar-refractivity contribution in [3.05, 3.63) is 34.9 Å². The first-order valence-electron chi connectivity index (χ1n) is 9.87. The number of nitrogens with one attached hydrogen (secondary N) is 1. The van der Waals surface area contributed by atoms with E-state index in [0.717, 1.165) is 18.7 Å². The first-order valence-corrected chi connectivity index (χ1v) is 10.3. The molecule has 2 heterocycles. The topological polar surface area (TPSA) is 65.1 Å². The molecule has 2 aliphatic heterocycles. The van der Waals surface area contributed by atoms with Crippen LogP contribution in [0.15, 0.2) is 24.3 Å². The van der Waals surface area contributed by atoms with Gasteiger partial charge in [0.15, 0.2) is 0 Å². The second kappa shape index (κ2) is 10.2. The lowest BCUT2D eigenvalue weighted by Crippen LogP contribution is -2.56. The zero-order valence-electron chi connectivity index (χ0n) is 16.4. The molecule has 1 N–H and O–H groups in total. The number of benzene rings is 1. The van der Waals surface area contributed by atoms with Gasteiger partial charge in [0, 0.05) is 50.8 Å². The van der Waals surface area contributed by atoms with Gasteiger partial charge >= 0.3 is 0 Å². The molecule has 2 amide bonds. The van der Waals surface area contributed by atoms with Crippen molar-refractivity contribution in [1.29, 1.82) is 0 Å². The monoisotopic (exact) mass is 408 g/mol. The first-order chi connectivity index (χ1) is 13.5. The minimum Gasteiger partial charge on any atom is -0.379 e. The van der Waals surface area contributed by atoms with E-state index in [1.165, 1.54) is 0 Å². The normalized spacial score (nSPS) is 20.0. The SMILES string of the molecule is CC(C(=O)NCc1ccccc1Cl)N1CCN(C(=O)CN2CCOCC2)CC1. The highest BCUT2D eigenvalue weighted by molar-refractivity contribution is 6.31. The van der Waals surface area contributed by atoms with E-state index in [1.807, 2.05) is 36.1 Å². The number of ether oxygens (including phenoxy) is 1. The molecule has 0 saturated carbocycles. The molecule has 1 aromatic carbocycles. The fraction of sp³-hybridized carbons (Fsp3) is 0.600. The van der Waals surface area contributed by atoms with Crippen molar-refractivity contribution >= 4 is 23.4 Å². The standard InChI is InChI=1S/C20H29ClN4O3/c1-16(20(27)22-14-17-4-2-3-5-18(17)21)24-6-8-25(9-7-24)19(26)15-23-10-12-28-13-11-23/h2-5,16H,6-15H2,1H3,(H,22,27). The van der Waals surface area contributed by atoms with Crippen LogP contribution in [0.4, 0.5) is 0 Å². The molecule has 0 bridgehead atoms. The van der Waals surface area contributed by atoms with E-state index in [-0.39, 0.29) is 17.9 Å². The van der Waals surface area contributed by atoms with Crippen LogP contribution in [0.1, 0.15) is 12.5 Å². The number of hydrogen-bond acceptors (Lipinski definition) is 5. The van der Waals surface area contributed by atoms with Gasteiger partial charge in [0.1, 0.15) is 0 Å². The average Bonchev–Trinajstić information content (AvgIpc) is 2.73. The molecule has 3 rings (SSSR count). The Morgan fingerprint density at radius 1 is 1.11 bits per heavy atom. The highest BCUT2D eigenvalue weighted by atomic mass is 35.5. The van der Waals surface area contributed by atoms with Gasteiger partial charge in [0.05, 0.1) is 25.8 Å². The molecule has 0 aromatic heterocycles. The molecule has 1 aromatic rings. The number of nitrogens with zero attached hydrogens (tertiary/aromatic N) is 3. The molecule has 28 heavy (non-hydrogen) atoms. The van der Waals surface area contributed by atoms with Gasteiger partial charge in [-0.3, -0.25) is 19.4 Å². The van der Waals surface area contributed by atoms with Crippen molar-refractivity contribution in [2.75, 3.05) is 59.0 Å². The summed E-state index contributed by atoms with van der Waals surface area (Å²) in [5.41, 5.74) is 0.906. The lowest BCUT2D eigenvalue weighted by atomic mass is 10.2. The molecule has 1 atom stereocenters. The Morgan fingerprint density at radius 2 is 1.79 bits per heavy atom. The Kier molecular flexibility index (Phi) is 7.67. The van der Waals surface area contributed by atoms with Crippen LogP contribution in [0, 0.1) is 0 Å². The predicted molar refractivity (Wildman–Crippen MR) is 108 cm³/mol. The third-order valence-corrected chi connectivity index (χ3v) is 5.84. The van der Waals surface area contributed by atoms with Crippen molar-refractivity contribution in [2.24, 2.45) is 0 Å². The van der Waals surface area contributed by atoms with Crippen molar-refractivity contribution in [2.45, 2.75) is 19.5 Å². The molecule has 2 saturated heterocycles. The summed E-state index contributed by atoms with van der Waals surface area (Å²) in [5, 5.41) is 3.62. The maximum absolute atomic E-state index is 12.5. The van der Waals surface area contributed by atoms with E-state index in [0.29, 0.717) is 57.5 Å². The smallest absolute Gasteiger partial charge is 0.237 e. The molecule has 0 aliphatic carbocycles. The van der Waals surface area contributed by atoms with Crippen LogP contribution in [-0.2, 0) is 20.9 Å². The summed E-state index contributed by atoms with van der Waals surface area (Å²) in [6.07, 6.45) is 0. The Labute approximate surface area is 171 Å². The van der Waals surface area contributed by atoms with Crippen LogP contribution in [0.5, 0.6) is 0 Å². The Morgan fingerprint density at radius 3 is 2.46 bits per heavy atom. The summed E-state index contributed by atoms with van der Waals surface area (Å²) in [5.74, 6) is 0.144. The summed E-state index contributed by atoms with van der Waals surface area (Å²) < 4.78 is 5.33. The molecule has 0 radical (unpaired) electrons. The van der Waals surface area contributed by atoms with E-state index < -0.39 is 0 Å². The highest BCUT2D eigenvalue weighted by Gasteiger charge is 2.28. The fourth-order valence-electron chi connectivity index (χ4n) is 3.55. The fourth-order valence-corrected chi connectivity index (χ4v) is 3.75. The van der Waals surface area contributed by atoms with Gasteiger partial charge in [-0.1, -0.05) is 29.8 Å². The Balaban J connectivity index is 1.41.